The second-order valence-corrected chi connectivity index (χ2v) is 6.45. The van der Waals surface area contributed by atoms with Gasteiger partial charge in [0.25, 0.3) is 5.91 Å². The Balaban J connectivity index is 1.86. The highest BCUT2D eigenvalue weighted by Crippen LogP contribution is 2.27. The summed E-state index contributed by atoms with van der Waals surface area (Å²) in [5, 5.41) is 9.24. The minimum Gasteiger partial charge on any atom is -0.481 e. The van der Waals surface area contributed by atoms with Gasteiger partial charge in [0.15, 0.2) is 11.6 Å². The van der Waals surface area contributed by atoms with Crippen molar-refractivity contribution in [1.82, 2.24) is 4.90 Å². The minimum absolute atomic E-state index is 0.0166. The molecule has 0 aliphatic carbocycles. The second-order valence-electron chi connectivity index (χ2n) is 6.45. The van der Waals surface area contributed by atoms with Gasteiger partial charge in [-0.25, -0.2) is 8.78 Å². The Morgan fingerprint density at radius 1 is 1.11 bits per heavy atom. The normalized spacial score (nSPS) is 18.0. The molecule has 1 heterocycles. The van der Waals surface area contributed by atoms with Crippen molar-refractivity contribution < 1.29 is 28.2 Å². The maximum atomic E-state index is 13.5. The first-order valence-corrected chi connectivity index (χ1v) is 8.64. The number of amides is 1. The molecule has 1 aliphatic rings. The lowest BCUT2D eigenvalue weighted by Gasteiger charge is -2.33. The number of aliphatic carboxylic acids is 1. The fraction of sp³-hybridized carbons (Fsp3) is 0.300. The molecule has 2 atom stereocenters. The number of hydrogen-bond acceptors (Lipinski definition) is 3. The van der Waals surface area contributed by atoms with Crippen molar-refractivity contribution in [2.75, 3.05) is 13.1 Å². The first-order valence-electron chi connectivity index (χ1n) is 8.64. The van der Waals surface area contributed by atoms with Crippen molar-refractivity contribution in [2.24, 2.45) is 5.92 Å². The molecule has 1 aliphatic heterocycles. The van der Waals surface area contributed by atoms with Crippen molar-refractivity contribution in [3.8, 4) is 5.75 Å². The van der Waals surface area contributed by atoms with Crippen LogP contribution in [0, 0.1) is 17.6 Å². The lowest BCUT2D eigenvalue weighted by Crippen LogP contribution is -2.45. The number of ether oxygens (including phenoxy) is 1. The molecule has 27 heavy (non-hydrogen) atoms. The molecule has 1 fully saturated rings. The van der Waals surface area contributed by atoms with E-state index in [0.29, 0.717) is 24.9 Å². The number of halogens is 2. The predicted molar refractivity (Wildman–Crippen MR) is 93.1 cm³/mol. The Hall–Kier alpha value is -2.96. The summed E-state index contributed by atoms with van der Waals surface area (Å²) in [6, 6.07) is 11.7. The van der Waals surface area contributed by atoms with Crippen molar-refractivity contribution in [2.45, 2.75) is 18.9 Å². The third kappa shape index (κ3) is 4.42. The van der Waals surface area contributed by atoms with Crippen LogP contribution in [0.25, 0.3) is 0 Å². The van der Waals surface area contributed by atoms with Gasteiger partial charge in [-0.15, -0.1) is 0 Å². The topological polar surface area (TPSA) is 66.8 Å². The Morgan fingerprint density at radius 2 is 1.85 bits per heavy atom. The second kappa shape index (κ2) is 8.16. The number of carbonyl (C=O) groups is 2. The van der Waals surface area contributed by atoms with Crippen LogP contribution >= 0.6 is 0 Å². The summed E-state index contributed by atoms with van der Waals surface area (Å²) in [6.45, 7) is 0.520. The molecule has 0 saturated carbocycles. The lowest BCUT2D eigenvalue weighted by atomic mass is 9.97. The number of hydrogen-bond donors (Lipinski definition) is 1. The van der Waals surface area contributed by atoms with E-state index >= 15 is 0 Å². The van der Waals surface area contributed by atoms with Gasteiger partial charge in [-0.2, -0.15) is 0 Å². The molecule has 1 N–H and O–H groups in total. The maximum Gasteiger partial charge on any atom is 0.308 e. The molecular formula is C20H19F2NO4. The largest absolute Gasteiger partial charge is 0.481 e. The van der Waals surface area contributed by atoms with Gasteiger partial charge >= 0.3 is 5.97 Å². The summed E-state index contributed by atoms with van der Waals surface area (Å²) >= 11 is 0. The van der Waals surface area contributed by atoms with E-state index in [1.54, 1.807) is 30.3 Å². The Labute approximate surface area is 155 Å². The minimum atomic E-state index is -1.08. The number of likely N-dealkylation sites (tertiary alicyclic amines) is 1. The molecule has 7 heteroatoms. The highest BCUT2D eigenvalue weighted by Gasteiger charge is 2.33. The number of carbonyl (C=O) groups excluding carboxylic acids is 1. The quantitative estimate of drug-likeness (QED) is 0.870. The molecular weight excluding hydrogens is 356 g/mol. The molecule has 0 spiro atoms. The number of rotatable bonds is 5. The summed E-state index contributed by atoms with van der Waals surface area (Å²) < 4.78 is 32.4. The Morgan fingerprint density at radius 3 is 2.52 bits per heavy atom. The predicted octanol–water partition coefficient (Wildman–Crippen LogP) is 3.41. The third-order valence-electron chi connectivity index (χ3n) is 4.55. The number of benzene rings is 2. The van der Waals surface area contributed by atoms with Gasteiger partial charge in [-0.05, 0) is 25.0 Å². The molecule has 1 saturated heterocycles. The van der Waals surface area contributed by atoms with Crippen LogP contribution in [-0.4, -0.2) is 35.0 Å². The summed E-state index contributed by atoms with van der Waals surface area (Å²) in [7, 11) is 0. The van der Waals surface area contributed by atoms with Crippen LogP contribution in [0.1, 0.15) is 24.5 Å². The average Bonchev–Trinajstić information content (AvgIpc) is 2.69. The van der Waals surface area contributed by atoms with E-state index in [1.165, 1.54) is 11.0 Å². The number of nitrogens with zero attached hydrogens (tertiary/aromatic N) is 1. The number of carboxylic acids is 1. The van der Waals surface area contributed by atoms with Crippen molar-refractivity contribution in [1.29, 1.82) is 0 Å². The third-order valence-corrected chi connectivity index (χ3v) is 4.55. The van der Waals surface area contributed by atoms with E-state index < -0.39 is 35.5 Å². The first-order chi connectivity index (χ1) is 13.0. The van der Waals surface area contributed by atoms with E-state index in [9.17, 15) is 23.5 Å². The molecule has 5 nitrogen and oxygen atoms in total. The summed E-state index contributed by atoms with van der Waals surface area (Å²) in [5.74, 6) is -4.03. The first kappa shape index (κ1) is 18.8. The summed E-state index contributed by atoms with van der Waals surface area (Å²) in [6.07, 6.45) is 0.0118. The maximum absolute atomic E-state index is 13.5. The fourth-order valence-corrected chi connectivity index (χ4v) is 3.12. The molecule has 0 bridgehead atoms. The zero-order valence-corrected chi connectivity index (χ0v) is 14.5. The van der Waals surface area contributed by atoms with E-state index in [1.807, 2.05) is 0 Å². The monoisotopic (exact) mass is 375 g/mol. The van der Waals surface area contributed by atoms with Crippen LogP contribution in [0.4, 0.5) is 8.78 Å². The van der Waals surface area contributed by atoms with Gasteiger partial charge in [0, 0.05) is 24.7 Å². The molecule has 0 radical (unpaired) electrons. The van der Waals surface area contributed by atoms with Crippen molar-refractivity contribution >= 4 is 11.9 Å². The van der Waals surface area contributed by atoms with Gasteiger partial charge in [-0.1, -0.05) is 30.3 Å². The number of carboxylic acid groups (broad SMARTS) is 1. The van der Waals surface area contributed by atoms with Gasteiger partial charge in [-0.3, -0.25) is 9.59 Å². The van der Waals surface area contributed by atoms with Crippen LogP contribution < -0.4 is 4.74 Å². The van der Waals surface area contributed by atoms with Crippen LogP contribution in [0.2, 0.25) is 0 Å². The molecule has 142 valence electrons. The van der Waals surface area contributed by atoms with E-state index in [2.05, 4.69) is 0 Å². The lowest BCUT2D eigenvalue weighted by molar-refractivity contribution is -0.148. The average molecular weight is 375 g/mol. The molecule has 3 rings (SSSR count). The molecule has 1 amide bonds. The van der Waals surface area contributed by atoms with Gasteiger partial charge in [0.05, 0.1) is 5.92 Å². The zero-order valence-electron chi connectivity index (χ0n) is 14.5. The van der Waals surface area contributed by atoms with Gasteiger partial charge in [0.1, 0.15) is 5.75 Å². The van der Waals surface area contributed by atoms with Crippen LogP contribution in [0.15, 0.2) is 48.5 Å². The van der Waals surface area contributed by atoms with Crippen LogP contribution in [-0.2, 0) is 9.59 Å². The van der Waals surface area contributed by atoms with E-state index in [-0.39, 0.29) is 12.3 Å². The molecule has 1 unspecified atom stereocenters. The van der Waals surface area contributed by atoms with Gasteiger partial charge < -0.3 is 14.7 Å². The molecule has 2 aromatic carbocycles. The molecule has 0 aromatic heterocycles. The number of piperidine rings is 1. The summed E-state index contributed by atoms with van der Waals surface area (Å²) in [4.78, 5) is 25.8. The Kier molecular flexibility index (Phi) is 5.69. The van der Waals surface area contributed by atoms with Crippen molar-refractivity contribution in [3.05, 3.63) is 65.7 Å². The highest BCUT2D eigenvalue weighted by atomic mass is 19.2. The Bertz CT molecular complexity index is 828. The standard InChI is InChI=1S/C20H19F2NO4/c21-16-9-8-15(11-17(16)22)27-18(13-5-2-1-3-6-13)19(24)23-10-4-7-14(12-23)20(25)26/h1-3,5-6,8-9,11,14,18H,4,7,10,12H2,(H,25,26)/t14-,18?/m0/s1. The van der Waals surface area contributed by atoms with Gasteiger partial charge in [0.2, 0.25) is 6.10 Å². The molecule has 2 aromatic rings. The van der Waals surface area contributed by atoms with Crippen LogP contribution in [0.3, 0.4) is 0 Å². The highest BCUT2D eigenvalue weighted by molar-refractivity contribution is 5.83. The SMILES string of the molecule is O=C(O)[C@H]1CCCN(C(=O)C(Oc2ccc(F)c(F)c2)c2ccccc2)C1. The zero-order chi connectivity index (χ0) is 19.4. The summed E-state index contributed by atoms with van der Waals surface area (Å²) in [5.41, 5.74) is 0.546. The van der Waals surface area contributed by atoms with E-state index in [4.69, 9.17) is 4.74 Å². The van der Waals surface area contributed by atoms with Crippen LogP contribution in [0.5, 0.6) is 5.75 Å². The van der Waals surface area contributed by atoms with Crippen molar-refractivity contribution in [3.63, 3.8) is 0 Å². The van der Waals surface area contributed by atoms with E-state index in [0.717, 1.165) is 12.1 Å². The smallest absolute Gasteiger partial charge is 0.308 e. The fourth-order valence-electron chi connectivity index (χ4n) is 3.12.